The summed E-state index contributed by atoms with van der Waals surface area (Å²) in [7, 11) is 0. The number of hydrogen-bond acceptors (Lipinski definition) is 2. The summed E-state index contributed by atoms with van der Waals surface area (Å²) in [4.78, 5) is 0. The van der Waals surface area contributed by atoms with Gasteiger partial charge < -0.3 is 10.1 Å². The van der Waals surface area contributed by atoms with Crippen molar-refractivity contribution in [1.82, 2.24) is 5.32 Å². The largest absolute Gasteiger partial charge is 0.493 e. The second kappa shape index (κ2) is 9.01. The van der Waals surface area contributed by atoms with Gasteiger partial charge in [0.2, 0.25) is 0 Å². The first-order valence-electron chi connectivity index (χ1n) is 6.78. The second-order valence-corrected chi connectivity index (χ2v) is 5.43. The van der Waals surface area contributed by atoms with Crippen LogP contribution in [0.5, 0.6) is 5.75 Å². The molecule has 0 heterocycles. The van der Waals surface area contributed by atoms with Gasteiger partial charge in [-0.05, 0) is 38.4 Å². The maximum atomic E-state index is 5.86. The first kappa shape index (κ1) is 16.1. The smallest absolute Gasteiger partial charge is 0.125 e. The number of hydrogen-bond donors (Lipinski definition) is 1. The van der Waals surface area contributed by atoms with E-state index in [2.05, 4.69) is 47.1 Å². The van der Waals surface area contributed by atoms with Gasteiger partial charge in [-0.1, -0.05) is 28.9 Å². The van der Waals surface area contributed by atoms with Crippen LogP contribution in [0.25, 0.3) is 0 Å². The molecule has 0 fully saturated rings. The van der Waals surface area contributed by atoms with Crippen molar-refractivity contribution in [2.75, 3.05) is 13.2 Å². The summed E-state index contributed by atoms with van der Waals surface area (Å²) in [5, 5.41) is 3.48. The summed E-state index contributed by atoms with van der Waals surface area (Å²) in [5.41, 5.74) is 1.19. The van der Waals surface area contributed by atoms with Crippen LogP contribution in [0, 0.1) is 12.3 Å². The topological polar surface area (TPSA) is 21.3 Å². The van der Waals surface area contributed by atoms with Crippen molar-refractivity contribution in [1.29, 1.82) is 0 Å². The number of terminal acetylenes is 1. The van der Waals surface area contributed by atoms with Crippen LogP contribution in [0.2, 0.25) is 0 Å². The molecule has 1 rings (SSSR count). The van der Waals surface area contributed by atoms with Crippen LogP contribution in [-0.4, -0.2) is 13.2 Å². The standard InChI is InChI=1S/C16H22BrNO/c1-4-6-7-11-19-16-12-14(17)8-9-15(16)13(3)18-10-5-2/h1,8-9,12-13,18H,5-7,10-11H2,2-3H3. The van der Waals surface area contributed by atoms with Crippen LogP contribution in [0.4, 0.5) is 0 Å². The molecule has 19 heavy (non-hydrogen) atoms. The molecule has 1 unspecified atom stereocenters. The lowest BCUT2D eigenvalue weighted by Gasteiger charge is -2.18. The Morgan fingerprint density at radius 1 is 1.47 bits per heavy atom. The summed E-state index contributed by atoms with van der Waals surface area (Å²) in [5.74, 6) is 3.56. The Hall–Kier alpha value is -0.980. The average molecular weight is 324 g/mol. The van der Waals surface area contributed by atoms with Crippen LogP contribution in [-0.2, 0) is 0 Å². The number of benzene rings is 1. The quantitative estimate of drug-likeness (QED) is 0.568. The zero-order valence-corrected chi connectivity index (χ0v) is 13.3. The third-order valence-corrected chi connectivity index (χ3v) is 3.36. The van der Waals surface area contributed by atoms with Crippen molar-refractivity contribution in [3.63, 3.8) is 0 Å². The maximum absolute atomic E-state index is 5.86. The number of nitrogens with one attached hydrogen (secondary N) is 1. The van der Waals surface area contributed by atoms with Gasteiger partial charge in [0.25, 0.3) is 0 Å². The van der Waals surface area contributed by atoms with E-state index < -0.39 is 0 Å². The molecule has 104 valence electrons. The van der Waals surface area contributed by atoms with Crippen LogP contribution in [0.1, 0.15) is 44.7 Å². The number of unbranched alkanes of at least 4 members (excludes halogenated alkanes) is 1. The molecule has 0 spiro atoms. The minimum atomic E-state index is 0.288. The third kappa shape index (κ3) is 5.67. The van der Waals surface area contributed by atoms with E-state index in [-0.39, 0.29) is 6.04 Å². The van der Waals surface area contributed by atoms with Crippen molar-refractivity contribution in [3.8, 4) is 18.1 Å². The molecule has 2 nitrogen and oxygen atoms in total. The minimum absolute atomic E-state index is 0.288. The van der Waals surface area contributed by atoms with Gasteiger partial charge in [0, 0.05) is 22.5 Å². The van der Waals surface area contributed by atoms with Crippen molar-refractivity contribution in [2.24, 2.45) is 0 Å². The fraction of sp³-hybridized carbons (Fsp3) is 0.500. The normalized spacial score (nSPS) is 11.9. The van der Waals surface area contributed by atoms with Crippen molar-refractivity contribution in [3.05, 3.63) is 28.2 Å². The molecule has 3 heteroatoms. The Bertz CT molecular complexity index is 425. The maximum Gasteiger partial charge on any atom is 0.125 e. The van der Waals surface area contributed by atoms with Gasteiger partial charge in [-0.3, -0.25) is 0 Å². The zero-order chi connectivity index (χ0) is 14.1. The first-order valence-corrected chi connectivity index (χ1v) is 7.57. The van der Waals surface area contributed by atoms with Crippen LogP contribution < -0.4 is 10.1 Å². The van der Waals surface area contributed by atoms with E-state index >= 15 is 0 Å². The molecule has 0 aromatic heterocycles. The SMILES string of the molecule is C#CCCCOc1cc(Br)ccc1C(C)NCCC. The van der Waals surface area contributed by atoms with Gasteiger partial charge in [0.1, 0.15) is 5.75 Å². The van der Waals surface area contributed by atoms with Gasteiger partial charge in [-0.2, -0.15) is 0 Å². The minimum Gasteiger partial charge on any atom is -0.493 e. The number of ether oxygens (including phenoxy) is 1. The van der Waals surface area contributed by atoms with E-state index in [1.165, 1.54) is 5.56 Å². The molecular weight excluding hydrogens is 302 g/mol. The fourth-order valence-electron chi connectivity index (χ4n) is 1.82. The van der Waals surface area contributed by atoms with Crippen LogP contribution in [0.3, 0.4) is 0 Å². The summed E-state index contributed by atoms with van der Waals surface area (Å²) in [6.07, 6.45) is 8.01. The average Bonchev–Trinajstić information content (AvgIpc) is 2.41. The summed E-state index contributed by atoms with van der Waals surface area (Å²) in [6.45, 7) is 5.99. The summed E-state index contributed by atoms with van der Waals surface area (Å²) in [6, 6.07) is 6.47. The Labute approximate surface area is 125 Å². The second-order valence-electron chi connectivity index (χ2n) is 4.51. The van der Waals surface area contributed by atoms with Crippen LogP contribution in [0.15, 0.2) is 22.7 Å². The molecule has 0 aliphatic heterocycles. The lowest BCUT2D eigenvalue weighted by molar-refractivity contribution is 0.306. The predicted octanol–water partition coefficient (Wildman–Crippen LogP) is 4.30. The van der Waals surface area contributed by atoms with Crippen molar-refractivity contribution >= 4 is 15.9 Å². The number of halogens is 1. The molecule has 1 aromatic carbocycles. The molecule has 0 radical (unpaired) electrons. The van der Waals surface area contributed by atoms with Gasteiger partial charge in [0.15, 0.2) is 0 Å². The summed E-state index contributed by atoms with van der Waals surface area (Å²) >= 11 is 3.49. The lowest BCUT2D eigenvalue weighted by Crippen LogP contribution is -2.20. The predicted molar refractivity (Wildman–Crippen MR) is 84.4 cm³/mol. The van der Waals surface area contributed by atoms with Gasteiger partial charge in [-0.25, -0.2) is 0 Å². The van der Waals surface area contributed by atoms with Crippen molar-refractivity contribution in [2.45, 2.75) is 39.2 Å². The molecule has 1 atom stereocenters. The Morgan fingerprint density at radius 2 is 2.26 bits per heavy atom. The van der Waals surface area contributed by atoms with Gasteiger partial charge >= 0.3 is 0 Å². The molecule has 0 bridgehead atoms. The highest BCUT2D eigenvalue weighted by atomic mass is 79.9. The van der Waals surface area contributed by atoms with E-state index in [1.807, 2.05) is 12.1 Å². The van der Waals surface area contributed by atoms with E-state index in [0.29, 0.717) is 6.61 Å². The highest BCUT2D eigenvalue weighted by molar-refractivity contribution is 9.10. The first-order chi connectivity index (χ1) is 9.19. The Balaban J connectivity index is 2.70. The van der Waals surface area contributed by atoms with Crippen molar-refractivity contribution < 1.29 is 4.74 Å². The molecule has 0 saturated carbocycles. The molecule has 1 aromatic rings. The van der Waals surface area contributed by atoms with Crippen LogP contribution >= 0.6 is 15.9 Å². The summed E-state index contributed by atoms with van der Waals surface area (Å²) < 4.78 is 6.89. The number of rotatable bonds is 8. The zero-order valence-electron chi connectivity index (χ0n) is 11.7. The van der Waals surface area contributed by atoms with E-state index in [9.17, 15) is 0 Å². The highest BCUT2D eigenvalue weighted by Crippen LogP contribution is 2.28. The fourth-order valence-corrected chi connectivity index (χ4v) is 2.16. The molecule has 0 aliphatic carbocycles. The molecule has 0 saturated heterocycles. The molecule has 1 N–H and O–H groups in total. The Kier molecular flexibility index (Phi) is 7.62. The third-order valence-electron chi connectivity index (χ3n) is 2.87. The van der Waals surface area contributed by atoms with Gasteiger partial charge in [0.05, 0.1) is 6.61 Å². The molecule has 0 amide bonds. The lowest BCUT2D eigenvalue weighted by atomic mass is 10.1. The van der Waals surface area contributed by atoms with Gasteiger partial charge in [-0.15, -0.1) is 12.3 Å². The van der Waals surface area contributed by atoms with E-state index in [4.69, 9.17) is 11.2 Å². The molecular formula is C16H22BrNO. The Morgan fingerprint density at radius 3 is 2.95 bits per heavy atom. The van der Waals surface area contributed by atoms with E-state index in [0.717, 1.165) is 36.0 Å². The van der Waals surface area contributed by atoms with E-state index in [1.54, 1.807) is 0 Å². The highest BCUT2D eigenvalue weighted by Gasteiger charge is 2.11. The monoisotopic (exact) mass is 323 g/mol. The molecule has 0 aliphatic rings.